The zero-order chi connectivity index (χ0) is 14.8. The minimum atomic E-state index is -0.447. The van der Waals surface area contributed by atoms with Gasteiger partial charge in [-0.25, -0.2) is 0 Å². The van der Waals surface area contributed by atoms with Gasteiger partial charge in [0.15, 0.2) is 5.78 Å². The summed E-state index contributed by atoms with van der Waals surface area (Å²) in [6, 6.07) is 9.23. The van der Waals surface area contributed by atoms with Crippen molar-refractivity contribution in [2.45, 2.75) is 45.6 Å². The highest BCUT2D eigenvalue weighted by atomic mass is 16.1. The van der Waals surface area contributed by atoms with Gasteiger partial charge < -0.3 is 5.73 Å². The molecule has 1 heterocycles. The van der Waals surface area contributed by atoms with Crippen LogP contribution in [0.5, 0.6) is 0 Å². The highest BCUT2D eigenvalue weighted by Crippen LogP contribution is 2.13. The van der Waals surface area contributed by atoms with Crippen molar-refractivity contribution in [1.82, 2.24) is 0 Å². The van der Waals surface area contributed by atoms with Gasteiger partial charge in [-0.2, -0.15) is 0 Å². The molecule has 1 atom stereocenters. The van der Waals surface area contributed by atoms with Crippen molar-refractivity contribution in [1.29, 1.82) is 0 Å². The second-order valence-electron chi connectivity index (χ2n) is 4.89. The van der Waals surface area contributed by atoms with Crippen LogP contribution in [0.25, 0.3) is 0 Å². The molecule has 0 radical (unpaired) electrons. The van der Waals surface area contributed by atoms with Gasteiger partial charge in [0.1, 0.15) is 0 Å². The van der Waals surface area contributed by atoms with Crippen LogP contribution in [0.15, 0.2) is 47.1 Å². The molecule has 0 fully saturated rings. The van der Waals surface area contributed by atoms with Gasteiger partial charge in [0.2, 0.25) is 0 Å². The van der Waals surface area contributed by atoms with Gasteiger partial charge in [0, 0.05) is 31.2 Å². The van der Waals surface area contributed by atoms with E-state index in [1.807, 2.05) is 42.6 Å². The average molecular weight is 272 g/mol. The number of nitrogens with zero attached hydrogens (tertiary/aromatic N) is 1. The minimum Gasteiger partial charge on any atom is -0.321 e. The third-order valence-corrected chi connectivity index (χ3v) is 2.78. The summed E-state index contributed by atoms with van der Waals surface area (Å²) in [6.45, 7) is 4.25. The van der Waals surface area contributed by atoms with Crippen molar-refractivity contribution in [3.63, 3.8) is 0 Å². The van der Waals surface area contributed by atoms with Gasteiger partial charge in [-0.3, -0.25) is 9.79 Å². The minimum absolute atomic E-state index is 0.0687. The number of hydrogen-bond donors (Lipinski definition) is 1. The lowest BCUT2D eigenvalue weighted by molar-refractivity contribution is -0.119. The predicted molar refractivity (Wildman–Crippen MR) is 84.9 cm³/mol. The second kappa shape index (κ2) is 9.21. The van der Waals surface area contributed by atoms with E-state index in [4.69, 9.17) is 5.73 Å². The summed E-state index contributed by atoms with van der Waals surface area (Å²) < 4.78 is 0. The molecule has 20 heavy (non-hydrogen) atoms. The Labute approximate surface area is 121 Å². The lowest BCUT2D eigenvalue weighted by atomic mass is 10.0. The molecule has 108 valence electrons. The van der Waals surface area contributed by atoms with E-state index in [0.29, 0.717) is 12.8 Å². The lowest BCUT2D eigenvalue weighted by Crippen LogP contribution is -2.32. The van der Waals surface area contributed by atoms with Gasteiger partial charge in [0.25, 0.3) is 0 Å². The first kappa shape index (κ1) is 16.3. The molecule has 1 unspecified atom stereocenters. The molecule has 0 spiro atoms. The summed E-state index contributed by atoms with van der Waals surface area (Å²) in [5, 5.41) is 0. The first-order valence-electron chi connectivity index (χ1n) is 7.21. The third-order valence-electron chi connectivity index (χ3n) is 2.78. The zero-order valence-corrected chi connectivity index (χ0v) is 12.4. The number of aliphatic imine (C=N–C) groups is 1. The number of benzene rings is 1. The van der Waals surface area contributed by atoms with E-state index in [0.717, 1.165) is 17.7 Å². The molecule has 2 N–H and O–H groups in total. The van der Waals surface area contributed by atoms with Gasteiger partial charge in [0.05, 0.1) is 6.04 Å². The Balaban J connectivity index is 0.000000612. The van der Waals surface area contributed by atoms with E-state index in [-0.39, 0.29) is 5.78 Å². The third kappa shape index (κ3) is 5.93. The molecular weight excluding hydrogens is 248 g/mol. The molecule has 0 amide bonds. The van der Waals surface area contributed by atoms with Crippen LogP contribution in [0.4, 0.5) is 0 Å². The van der Waals surface area contributed by atoms with Crippen LogP contribution in [0.1, 0.15) is 38.7 Å². The molecular formula is C17H24N2O. The Kier molecular flexibility index (Phi) is 7.51. The lowest BCUT2D eigenvalue weighted by Gasteiger charge is -2.09. The molecule has 2 rings (SSSR count). The number of rotatable bonds is 5. The molecule has 3 nitrogen and oxygen atoms in total. The number of allylic oxidation sites excluding steroid dienone is 1. The standard InChI is InChI=1S/C14H16N2O.C3H8/c15-13(10-12-7-4-8-16-12)14(17)9-11-5-2-1-3-6-11;1-3-2/h1-3,5-8,13H,4,9-10,15H2;3H2,1-2H3. The maximum atomic E-state index is 11.9. The molecule has 0 bridgehead atoms. The van der Waals surface area contributed by atoms with E-state index >= 15 is 0 Å². The smallest absolute Gasteiger partial charge is 0.154 e. The Morgan fingerprint density at radius 1 is 1.30 bits per heavy atom. The highest BCUT2D eigenvalue weighted by Gasteiger charge is 2.16. The van der Waals surface area contributed by atoms with Gasteiger partial charge in [-0.1, -0.05) is 56.7 Å². The van der Waals surface area contributed by atoms with Crippen molar-refractivity contribution in [2.24, 2.45) is 10.7 Å². The van der Waals surface area contributed by atoms with E-state index in [1.165, 1.54) is 6.42 Å². The highest BCUT2D eigenvalue weighted by molar-refractivity contribution is 5.86. The van der Waals surface area contributed by atoms with Crippen LogP contribution < -0.4 is 5.73 Å². The Bertz CT molecular complexity index is 463. The molecule has 0 saturated carbocycles. The van der Waals surface area contributed by atoms with E-state index in [1.54, 1.807) is 0 Å². The maximum Gasteiger partial charge on any atom is 0.154 e. The normalized spacial score (nSPS) is 14.2. The predicted octanol–water partition coefficient (Wildman–Crippen LogP) is 3.29. The summed E-state index contributed by atoms with van der Waals surface area (Å²) in [4.78, 5) is 16.1. The first-order valence-corrected chi connectivity index (χ1v) is 7.21. The summed E-state index contributed by atoms with van der Waals surface area (Å²) in [7, 11) is 0. The first-order chi connectivity index (χ1) is 9.67. The fourth-order valence-electron chi connectivity index (χ4n) is 1.81. The largest absolute Gasteiger partial charge is 0.321 e. The van der Waals surface area contributed by atoms with Crippen LogP contribution in [0.3, 0.4) is 0 Å². The van der Waals surface area contributed by atoms with Crippen LogP contribution in [-0.2, 0) is 11.2 Å². The molecule has 1 aromatic rings. The van der Waals surface area contributed by atoms with E-state index in [2.05, 4.69) is 18.8 Å². The molecule has 1 aliphatic rings. The van der Waals surface area contributed by atoms with Crippen molar-refractivity contribution in [3.8, 4) is 0 Å². The van der Waals surface area contributed by atoms with Crippen LogP contribution in [0, 0.1) is 0 Å². The molecule has 1 aromatic carbocycles. The summed E-state index contributed by atoms with van der Waals surface area (Å²) in [5.41, 5.74) is 7.82. The van der Waals surface area contributed by atoms with Gasteiger partial charge in [-0.05, 0) is 5.56 Å². The SMILES string of the molecule is CCC.NC(CC1=CCC=N1)C(=O)Cc1ccccc1. The second-order valence-corrected chi connectivity index (χ2v) is 4.89. The summed E-state index contributed by atoms with van der Waals surface area (Å²) >= 11 is 0. The van der Waals surface area contributed by atoms with Crippen LogP contribution in [-0.4, -0.2) is 18.0 Å². The fraction of sp³-hybridized carbons (Fsp3) is 0.412. The summed E-state index contributed by atoms with van der Waals surface area (Å²) in [5.74, 6) is 0.0687. The number of Topliss-reactive ketones (excluding diaryl/α,β-unsaturated/α-hetero) is 1. The van der Waals surface area contributed by atoms with Gasteiger partial charge in [-0.15, -0.1) is 0 Å². The van der Waals surface area contributed by atoms with Crippen LogP contribution >= 0.6 is 0 Å². The zero-order valence-electron chi connectivity index (χ0n) is 12.4. The van der Waals surface area contributed by atoms with E-state index < -0.39 is 6.04 Å². The number of nitrogens with two attached hydrogens (primary N) is 1. The molecule has 3 heteroatoms. The Morgan fingerprint density at radius 3 is 2.50 bits per heavy atom. The maximum absolute atomic E-state index is 11.9. The number of ketones is 1. The monoisotopic (exact) mass is 272 g/mol. The molecule has 0 aromatic heterocycles. The fourth-order valence-corrected chi connectivity index (χ4v) is 1.81. The van der Waals surface area contributed by atoms with Crippen LogP contribution in [0.2, 0.25) is 0 Å². The number of hydrogen-bond acceptors (Lipinski definition) is 3. The van der Waals surface area contributed by atoms with Crippen molar-refractivity contribution in [3.05, 3.63) is 47.7 Å². The number of carbonyl (C=O) groups is 1. The summed E-state index contributed by atoms with van der Waals surface area (Å²) in [6.07, 6.45) is 6.90. The Morgan fingerprint density at radius 2 is 1.95 bits per heavy atom. The van der Waals surface area contributed by atoms with E-state index in [9.17, 15) is 4.79 Å². The molecule has 0 saturated heterocycles. The Hall–Kier alpha value is -1.74. The topological polar surface area (TPSA) is 55.4 Å². The quantitative estimate of drug-likeness (QED) is 0.894. The van der Waals surface area contributed by atoms with Crippen molar-refractivity contribution in [2.75, 3.05) is 0 Å². The van der Waals surface area contributed by atoms with Gasteiger partial charge >= 0.3 is 0 Å². The van der Waals surface area contributed by atoms with Crippen molar-refractivity contribution < 1.29 is 4.79 Å². The number of carbonyl (C=O) groups excluding carboxylic acids is 1. The van der Waals surface area contributed by atoms with Crippen molar-refractivity contribution >= 4 is 12.0 Å². The average Bonchev–Trinajstić information content (AvgIpc) is 2.93. The molecule has 1 aliphatic heterocycles. The molecule has 0 aliphatic carbocycles.